The van der Waals surface area contributed by atoms with Gasteiger partial charge in [-0.15, -0.1) is 0 Å². The molecule has 15 heavy (non-hydrogen) atoms. The highest BCUT2D eigenvalue weighted by Crippen LogP contribution is 2.22. The molecule has 0 bridgehead atoms. The van der Waals surface area contributed by atoms with Crippen LogP contribution in [-0.2, 0) is 6.42 Å². The Morgan fingerprint density at radius 3 is 2.60 bits per heavy atom. The quantitative estimate of drug-likeness (QED) is 0.569. The van der Waals surface area contributed by atoms with Gasteiger partial charge in [-0.2, -0.15) is 0 Å². The van der Waals surface area contributed by atoms with E-state index in [1.807, 2.05) is 6.92 Å². The van der Waals surface area contributed by atoms with Gasteiger partial charge >= 0.3 is 0 Å². The number of rotatable bonds is 5. The topological polar surface area (TPSA) is 41.5 Å². The summed E-state index contributed by atoms with van der Waals surface area (Å²) in [7, 11) is 1.69. The number of methoxy groups -OCH3 is 1. The van der Waals surface area contributed by atoms with E-state index >= 15 is 0 Å². The van der Waals surface area contributed by atoms with E-state index in [1.165, 1.54) is 11.1 Å². The Bertz CT molecular complexity index is 324. The molecule has 0 saturated carbocycles. The van der Waals surface area contributed by atoms with Gasteiger partial charge in [0.15, 0.2) is 0 Å². The predicted octanol–water partition coefficient (Wildman–Crippen LogP) is 1.39. The molecular weight excluding hydrogens is 190 g/mol. The van der Waals surface area contributed by atoms with Crippen molar-refractivity contribution in [2.45, 2.75) is 20.3 Å². The molecule has 0 fully saturated rings. The number of benzene rings is 1. The van der Waals surface area contributed by atoms with Crippen molar-refractivity contribution in [3.05, 3.63) is 28.8 Å². The van der Waals surface area contributed by atoms with Crippen LogP contribution >= 0.6 is 0 Å². The van der Waals surface area contributed by atoms with E-state index < -0.39 is 0 Å². The Hall–Kier alpha value is -1.06. The highest BCUT2D eigenvalue weighted by atomic mass is 16.5. The minimum atomic E-state index is 0.0359. The molecule has 0 aromatic heterocycles. The van der Waals surface area contributed by atoms with Crippen molar-refractivity contribution in [1.82, 2.24) is 5.32 Å². The smallest absolute Gasteiger partial charge is 0.122 e. The van der Waals surface area contributed by atoms with Gasteiger partial charge in [-0.25, -0.2) is 0 Å². The first-order valence-corrected chi connectivity index (χ1v) is 5.14. The molecule has 0 aliphatic carbocycles. The van der Waals surface area contributed by atoms with Gasteiger partial charge in [0.05, 0.1) is 13.8 Å². The molecule has 84 valence electrons. The Morgan fingerprint density at radius 1 is 1.27 bits per heavy atom. The molecule has 0 radical (unpaired) electrons. The summed E-state index contributed by atoms with van der Waals surface area (Å²) in [4.78, 5) is 0. The number of aliphatic hydroxyl groups excluding tert-OH is 1. The lowest BCUT2D eigenvalue weighted by molar-refractivity contribution is 0.262. The highest BCUT2D eigenvalue weighted by molar-refractivity contribution is 5.41. The number of hydrogen-bond acceptors (Lipinski definition) is 3. The Kier molecular flexibility index (Phi) is 4.59. The average Bonchev–Trinajstić information content (AvgIpc) is 2.23. The number of hydrogen-bond donors (Lipinski definition) is 2. The monoisotopic (exact) mass is 209 g/mol. The third-order valence-corrected chi connectivity index (χ3v) is 2.54. The van der Waals surface area contributed by atoms with Gasteiger partial charge in [0.25, 0.3) is 0 Å². The first kappa shape index (κ1) is 12.0. The van der Waals surface area contributed by atoms with Crippen LogP contribution < -0.4 is 10.1 Å². The second-order valence-electron chi connectivity index (χ2n) is 3.66. The van der Waals surface area contributed by atoms with Gasteiger partial charge in [0.1, 0.15) is 5.75 Å². The maximum absolute atomic E-state index is 8.62. The fourth-order valence-corrected chi connectivity index (χ4v) is 1.64. The SMILES string of the molecule is COc1cc(C)c(CCNCO)cc1C. The molecular formula is C12H19NO2. The molecule has 1 rings (SSSR count). The summed E-state index contributed by atoms with van der Waals surface area (Å²) in [5.41, 5.74) is 3.69. The average molecular weight is 209 g/mol. The van der Waals surface area contributed by atoms with Crippen molar-refractivity contribution >= 4 is 0 Å². The van der Waals surface area contributed by atoms with E-state index in [4.69, 9.17) is 9.84 Å². The summed E-state index contributed by atoms with van der Waals surface area (Å²) in [6.07, 6.45) is 0.928. The van der Waals surface area contributed by atoms with Crippen molar-refractivity contribution in [1.29, 1.82) is 0 Å². The second-order valence-corrected chi connectivity index (χ2v) is 3.66. The highest BCUT2D eigenvalue weighted by Gasteiger charge is 2.04. The molecule has 0 atom stereocenters. The predicted molar refractivity (Wildman–Crippen MR) is 61.3 cm³/mol. The fourth-order valence-electron chi connectivity index (χ4n) is 1.64. The van der Waals surface area contributed by atoms with Crippen LogP contribution in [0.25, 0.3) is 0 Å². The van der Waals surface area contributed by atoms with Gasteiger partial charge < -0.3 is 9.84 Å². The largest absolute Gasteiger partial charge is 0.496 e. The van der Waals surface area contributed by atoms with Crippen LogP contribution in [0.4, 0.5) is 0 Å². The Morgan fingerprint density at radius 2 is 2.00 bits per heavy atom. The summed E-state index contributed by atoms with van der Waals surface area (Å²) in [5, 5.41) is 11.5. The molecule has 0 spiro atoms. The summed E-state index contributed by atoms with van der Waals surface area (Å²) < 4.78 is 5.25. The lowest BCUT2D eigenvalue weighted by Gasteiger charge is -2.11. The summed E-state index contributed by atoms with van der Waals surface area (Å²) in [6.45, 7) is 4.95. The number of nitrogens with one attached hydrogen (secondary N) is 1. The van der Waals surface area contributed by atoms with E-state index in [2.05, 4.69) is 24.4 Å². The van der Waals surface area contributed by atoms with Crippen molar-refractivity contribution < 1.29 is 9.84 Å². The number of ether oxygens (including phenoxy) is 1. The zero-order valence-corrected chi connectivity index (χ0v) is 9.63. The third-order valence-electron chi connectivity index (χ3n) is 2.54. The lowest BCUT2D eigenvalue weighted by Crippen LogP contribution is -2.18. The summed E-state index contributed by atoms with van der Waals surface area (Å²) in [6, 6.07) is 4.21. The van der Waals surface area contributed by atoms with Gasteiger partial charge in [0, 0.05) is 6.54 Å². The minimum absolute atomic E-state index is 0.0359. The molecule has 3 nitrogen and oxygen atoms in total. The first-order chi connectivity index (χ1) is 7.19. The molecule has 0 amide bonds. The maximum atomic E-state index is 8.62. The zero-order valence-electron chi connectivity index (χ0n) is 9.63. The van der Waals surface area contributed by atoms with Gasteiger partial charge in [-0.05, 0) is 43.0 Å². The summed E-state index contributed by atoms with van der Waals surface area (Å²) in [5.74, 6) is 0.936. The molecule has 1 aromatic carbocycles. The molecule has 0 aliphatic rings. The van der Waals surface area contributed by atoms with Crippen LogP contribution in [0.3, 0.4) is 0 Å². The maximum Gasteiger partial charge on any atom is 0.122 e. The van der Waals surface area contributed by atoms with Crippen LogP contribution in [0, 0.1) is 13.8 Å². The van der Waals surface area contributed by atoms with E-state index in [0.29, 0.717) is 0 Å². The van der Waals surface area contributed by atoms with Gasteiger partial charge in [-0.3, -0.25) is 5.32 Å². The van der Waals surface area contributed by atoms with Crippen LogP contribution in [0.1, 0.15) is 16.7 Å². The standard InChI is InChI=1S/C12H19NO2/c1-9-7-12(15-3)10(2)6-11(9)4-5-13-8-14/h6-7,13-14H,4-5,8H2,1-3H3. The van der Waals surface area contributed by atoms with E-state index in [0.717, 1.165) is 24.3 Å². The minimum Gasteiger partial charge on any atom is -0.496 e. The summed E-state index contributed by atoms with van der Waals surface area (Å²) >= 11 is 0. The van der Waals surface area contributed by atoms with Crippen molar-refractivity contribution in [2.75, 3.05) is 20.4 Å². The molecule has 0 heterocycles. The van der Waals surface area contributed by atoms with Crippen LogP contribution in [0.2, 0.25) is 0 Å². The second kappa shape index (κ2) is 5.73. The number of aliphatic hydroxyl groups is 1. The van der Waals surface area contributed by atoms with Crippen LogP contribution in [0.5, 0.6) is 5.75 Å². The van der Waals surface area contributed by atoms with Gasteiger partial charge in [-0.1, -0.05) is 6.07 Å². The molecule has 3 heteroatoms. The van der Waals surface area contributed by atoms with Crippen molar-refractivity contribution in [3.8, 4) is 5.75 Å². The van der Waals surface area contributed by atoms with Crippen LogP contribution in [-0.4, -0.2) is 25.5 Å². The molecule has 2 N–H and O–H groups in total. The lowest BCUT2D eigenvalue weighted by atomic mass is 10.0. The zero-order chi connectivity index (χ0) is 11.3. The van der Waals surface area contributed by atoms with E-state index in [1.54, 1.807) is 7.11 Å². The first-order valence-electron chi connectivity index (χ1n) is 5.14. The van der Waals surface area contributed by atoms with Crippen molar-refractivity contribution in [2.24, 2.45) is 0 Å². The molecule has 1 aromatic rings. The third kappa shape index (κ3) is 3.22. The van der Waals surface area contributed by atoms with E-state index in [9.17, 15) is 0 Å². The molecule has 0 unspecified atom stereocenters. The number of aryl methyl sites for hydroxylation is 2. The van der Waals surface area contributed by atoms with Gasteiger partial charge in [0.2, 0.25) is 0 Å². The molecule has 0 aliphatic heterocycles. The Labute approximate surface area is 91.1 Å². The van der Waals surface area contributed by atoms with Crippen molar-refractivity contribution in [3.63, 3.8) is 0 Å². The fraction of sp³-hybridized carbons (Fsp3) is 0.500. The van der Waals surface area contributed by atoms with E-state index in [-0.39, 0.29) is 6.73 Å². The molecule has 0 saturated heterocycles. The normalized spacial score (nSPS) is 10.4. The van der Waals surface area contributed by atoms with Crippen LogP contribution in [0.15, 0.2) is 12.1 Å². The Balaban J connectivity index is 2.76.